The highest BCUT2D eigenvalue weighted by Gasteiger charge is 2.28. The predicted molar refractivity (Wildman–Crippen MR) is 86.3 cm³/mol. The van der Waals surface area contributed by atoms with Gasteiger partial charge in [-0.3, -0.25) is 4.79 Å². The van der Waals surface area contributed by atoms with Crippen LogP contribution in [0, 0.1) is 11.7 Å². The maximum Gasteiger partial charge on any atom is 0.254 e. The van der Waals surface area contributed by atoms with Crippen molar-refractivity contribution in [3.8, 4) is 0 Å². The van der Waals surface area contributed by atoms with Crippen molar-refractivity contribution < 1.29 is 9.18 Å². The predicted octanol–water partition coefficient (Wildman–Crippen LogP) is 4.22. The number of fused-ring (bicyclic) bond motifs is 1. The van der Waals surface area contributed by atoms with Crippen LogP contribution in [0.25, 0.3) is 10.8 Å². The minimum atomic E-state index is -0.284. The van der Waals surface area contributed by atoms with Crippen LogP contribution < -0.4 is 0 Å². The van der Waals surface area contributed by atoms with E-state index in [2.05, 4.69) is 22.9 Å². The highest BCUT2D eigenvalue weighted by Crippen LogP contribution is 2.27. The van der Waals surface area contributed by atoms with E-state index in [4.69, 9.17) is 0 Å². The van der Waals surface area contributed by atoms with Crippen LogP contribution in [0.5, 0.6) is 0 Å². The number of rotatable bonds is 1. The summed E-state index contributed by atoms with van der Waals surface area (Å²) in [5.74, 6) is 0.273. The number of likely N-dealkylation sites (tertiary alicyclic amines) is 1. The van der Waals surface area contributed by atoms with E-state index in [0.29, 0.717) is 33.6 Å². The largest absolute Gasteiger partial charge is 0.337 e. The van der Waals surface area contributed by atoms with Gasteiger partial charge >= 0.3 is 0 Å². The first-order valence-electron chi connectivity index (χ1n) is 7.18. The lowest BCUT2D eigenvalue weighted by atomic mass is 9.97. The highest BCUT2D eigenvalue weighted by molar-refractivity contribution is 9.09. The average molecular weight is 350 g/mol. The number of carbonyl (C=O) groups is 1. The van der Waals surface area contributed by atoms with E-state index in [9.17, 15) is 9.18 Å². The van der Waals surface area contributed by atoms with Crippen LogP contribution in [0.15, 0.2) is 36.4 Å². The summed E-state index contributed by atoms with van der Waals surface area (Å²) in [4.78, 5) is 14.9. The first kappa shape index (κ1) is 14.5. The number of benzene rings is 2. The molecule has 2 aromatic rings. The minimum absolute atomic E-state index is 0.0115. The van der Waals surface area contributed by atoms with E-state index in [1.165, 1.54) is 6.07 Å². The Hall–Kier alpha value is -1.42. The Kier molecular flexibility index (Phi) is 3.98. The molecular formula is C17H17BrFNO. The first-order valence-corrected chi connectivity index (χ1v) is 8.10. The van der Waals surface area contributed by atoms with Gasteiger partial charge in [0.05, 0.1) is 0 Å². The average Bonchev–Trinajstić information content (AvgIpc) is 2.50. The summed E-state index contributed by atoms with van der Waals surface area (Å²) < 4.78 is 13.9. The Morgan fingerprint density at radius 2 is 1.95 bits per heavy atom. The molecule has 110 valence electrons. The fourth-order valence-electron chi connectivity index (χ4n) is 2.83. The highest BCUT2D eigenvalue weighted by atomic mass is 79.9. The molecule has 1 fully saturated rings. The molecule has 0 aromatic heterocycles. The molecule has 1 aliphatic rings. The van der Waals surface area contributed by atoms with E-state index < -0.39 is 0 Å². The minimum Gasteiger partial charge on any atom is -0.337 e. The van der Waals surface area contributed by atoms with Crippen molar-refractivity contribution in [3.63, 3.8) is 0 Å². The van der Waals surface area contributed by atoms with Crippen molar-refractivity contribution in [1.82, 2.24) is 4.90 Å². The zero-order valence-corrected chi connectivity index (χ0v) is 13.4. The standard InChI is InChI=1S/C17H17BrFNO/c1-11-8-9-20(10-15(11)18)17(21)14-6-7-16(19)13-5-3-2-4-12(13)14/h2-7,11,15H,8-10H2,1H3. The molecule has 2 aromatic carbocycles. The van der Waals surface area contributed by atoms with Gasteiger partial charge in [0, 0.05) is 28.9 Å². The normalized spacial score (nSPS) is 22.5. The van der Waals surface area contributed by atoms with Gasteiger partial charge in [-0.1, -0.05) is 47.1 Å². The fourth-order valence-corrected chi connectivity index (χ4v) is 3.44. The number of amides is 1. The van der Waals surface area contributed by atoms with Crippen LogP contribution in [0.4, 0.5) is 4.39 Å². The molecule has 1 aliphatic heterocycles. The monoisotopic (exact) mass is 349 g/mol. The molecule has 1 heterocycles. The summed E-state index contributed by atoms with van der Waals surface area (Å²) in [5, 5.41) is 1.19. The molecular weight excluding hydrogens is 333 g/mol. The summed E-state index contributed by atoms with van der Waals surface area (Å²) in [6, 6.07) is 10.1. The number of piperidine rings is 1. The SMILES string of the molecule is CC1CCN(C(=O)c2ccc(F)c3ccccc23)CC1Br. The summed E-state index contributed by atoms with van der Waals surface area (Å²) in [6.45, 7) is 3.65. The van der Waals surface area contributed by atoms with Crippen LogP contribution in [0.3, 0.4) is 0 Å². The van der Waals surface area contributed by atoms with Gasteiger partial charge in [-0.05, 0) is 29.9 Å². The third kappa shape index (κ3) is 2.69. The molecule has 0 radical (unpaired) electrons. The molecule has 0 bridgehead atoms. The number of alkyl halides is 1. The van der Waals surface area contributed by atoms with Crippen molar-refractivity contribution in [2.75, 3.05) is 13.1 Å². The van der Waals surface area contributed by atoms with Crippen molar-refractivity contribution in [3.05, 3.63) is 47.8 Å². The van der Waals surface area contributed by atoms with Gasteiger partial charge in [-0.15, -0.1) is 0 Å². The Balaban J connectivity index is 1.97. The molecule has 0 N–H and O–H groups in total. The molecule has 4 heteroatoms. The number of carbonyl (C=O) groups excluding carboxylic acids is 1. The number of nitrogens with zero attached hydrogens (tertiary/aromatic N) is 1. The molecule has 0 saturated carbocycles. The van der Waals surface area contributed by atoms with Crippen molar-refractivity contribution in [2.24, 2.45) is 5.92 Å². The van der Waals surface area contributed by atoms with Crippen LogP contribution in [-0.4, -0.2) is 28.7 Å². The number of hydrogen-bond donors (Lipinski definition) is 0. The molecule has 1 saturated heterocycles. The van der Waals surface area contributed by atoms with Crippen molar-refractivity contribution >= 4 is 32.6 Å². The summed E-state index contributed by atoms with van der Waals surface area (Å²) in [7, 11) is 0. The third-order valence-corrected chi connectivity index (χ3v) is 5.45. The number of hydrogen-bond acceptors (Lipinski definition) is 1. The van der Waals surface area contributed by atoms with Crippen LogP contribution in [0.2, 0.25) is 0 Å². The van der Waals surface area contributed by atoms with E-state index >= 15 is 0 Å². The van der Waals surface area contributed by atoms with Gasteiger partial charge in [0.15, 0.2) is 0 Å². The lowest BCUT2D eigenvalue weighted by Crippen LogP contribution is -2.43. The summed E-state index contributed by atoms with van der Waals surface area (Å²) >= 11 is 3.64. The Morgan fingerprint density at radius 1 is 1.24 bits per heavy atom. The maximum absolute atomic E-state index is 13.9. The van der Waals surface area contributed by atoms with Crippen LogP contribution in [-0.2, 0) is 0 Å². The van der Waals surface area contributed by atoms with E-state index in [1.54, 1.807) is 18.2 Å². The van der Waals surface area contributed by atoms with Gasteiger partial charge in [0.1, 0.15) is 5.82 Å². The lowest BCUT2D eigenvalue weighted by Gasteiger charge is -2.34. The quantitative estimate of drug-likeness (QED) is 0.705. The molecule has 1 amide bonds. The molecule has 21 heavy (non-hydrogen) atoms. The molecule has 3 rings (SSSR count). The Bertz CT molecular complexity index is 688. The topological polar surface area (TPSA) is 20.3 Å². The zero-order valence-electron chi connectivity index (χ0n) is 11.9. The second-order valence-corrected chi connectivity index (χ2v) is 6.85. The smallest absolute Gasteiger partial charge is 0.254 e. The van der Waals surface area contributed by atoms with Crippen LogP contribution in [0.1, 0.15) is 23.7 Å². The molecule has 2 atom stereocenters. The van der Waals surface area contributed by atoms with Gasteiger partial charge in [0.25, 0.3) is 5.91 Å². The Labute approximate surface area is 132 Å². The molecule has 2 unspecified atom stereocenters. The van der Waals surface area contributed by atoms with Crippen molar-refractivity contribution in [1.29, 1.82) is 0 Å². The second-order valence-electron chi connectivity index (χ2n) is 5.67. The van der Waals surface area contributed by atoms with Gasteiger partial charge in [-0.25, -0.2) is 4.39 Å². The molecule has 0 aliphatic carbocycles. The van der Waals surface area contributed by atoms with Gasteiger partial charge in [-0.2, -0.15) is 0 Å². The molecule has 2 nitrogen and oxygen atoms in total. The second kappa shape index (κ2) is 5.76. The van der Waals surface area contributed by atoms with Crippen LogP contribution >= 0.6 is 15.9 Å². The maximum atomic E-state index is 13.9. The van der Waals surface area contributed by atoms with E-state index in [0.717, 1.165) is 13.0 Å². The fraction of sp³-hybridized carbons (Fsp3) is 0.353. The molecule has 0 spiro atoms. The summed E-state index contributed by atoms with van der Waals surface area (Å²) in [6.07, 6.45) is 0.987. The number of halogens is 2. The lowest BCUT2D eigenvalue weighted by molar-refractivity contribution is 0.0708. The van der Waals surface area contributed by atoms with E-state index in [1.807, 2.05) is 17.0 Å². The summed E-state index contributed by atoms with van der Waals surface area (Å²) in [5.41, 5.74) is 0.584. The zero-order chi connectivity index (χ0) is 15.0. The van der Waals surface area contributed by atoms with E-state index in [-0.39, 0.29) is 11.7 Å². The van der Waals surface area contributed by atoms with Gasteiger partial charge < -0.3 is 4.90 Å². The van der Waals surface area contributed by atoms with Crippen molar-refractivity contribution in [2.45, 2.75) is 18.2 Å². The van der Waals surface area contributed by atoms with Gasteiger partial charge in [0.2, 0.25) is 0 Å². The Morgan fingerprint density at radius 3 is 2.67 bits per heavy atom. The third-order valence-electron chi connectivity index (χ3n) is 4.26. The first-order chi connectivity index (χ1) is 10.1.